The van der Waals surface area contributed by atoms with E-state index in [1.807, 2.05) is 0 Å². The van der Waals surface area contributed by atoms with Crippen molar-refractivity contribution in [2.24, 2.45) is 0 Å². The molecule has 0 aromatic heterocycles. The number of carboxylic acid groups (broad SMARTS) is 1. The van der Waals surface area contributed by atoms with Gasteiger partial charge < -0.3 is 10.2 Å². The topological polar surface area (TPSA) is 57.5 Å². The summed E-state index contributed by atoms with van der Waals surface area (Å²) in [5.74, 6) is -0.664. The Balaban J connectivity index is 0. The average molecular weight is 385 g/mol. The third-order valence-corrected chi connectivity index (χ3v) is 4.66. The van der Waals surface area contributed by atoms with Crippen LogP contribution in [0.2, 0.25) is 0 Å². The van der Waals surface area contributed by atoms with E-state index in [1.165, 1.54) is 89.9 Å². The van der Waals surface area contributed by atoms with Gasteiger partial charge in [0, 0.05) is 13.0 Å². The van der Waals surface area contributed by atoms with Gasteiger partial charge in [0.25, 0.3) is 0 Å². The number of unbranched alkanes of at least 4 members (excludes halogenated alkanes) is 14. The van der Waals surface area contributed by atoms with E-state index in [-0.39, 0.29) is 0 Å². The molecule has 0 aliphatic carbocycles. The summed E-state index contributed by atoms with van der Waals surface area (Å²) in [5.41, 5.74) is 0. The van der Waals surface area contributed by atoms with E-state index in [0.717, 1.165) is 19.3 Å². The molecule has 3 heteroatoms. The van der Waals surface area contributed by atoms with Crippen LogP contribution < -0.4 is 0 Å². The maximum atomic E-state index is 10.3. The normalized spacial score (nSPS) is 10.8. The van der Waals surface area contributed by atoms with Gasteiger partial charge in [-0.3, -0.25) is 4.79 Å². The first-order valence-corrected chi connectivity index (χ1v) is 11.7. The third kappa shape index (κ3) is 33.2. The molecule has 0 aromatic carbocycles. The fraction of sp³-hybridized carbons (Fsp3) is 0.875. The van der Waals surface area contributed by atoms with E-state index < -0.39 is 5.97 Å². The fourth-order valence-electron chi connectivity index (χ4n) is 2.89. The number of aliphatic hydroxyl groups is 1. The van der Waals surface area contributed by atoms with E-state index in [0.29, 0.717) is 13.0 Å². The van der Waals surface area contributed by atoms with Gasteiger partial charge in [-0.05, 0) is 38.5 Å². The lowest BCUT2D eigenvalue weighted by Crippen LogP contribution is -1.93. The van der Waals surface area contributed by atoms with Crippen LogP contribution in [0.15, 0.2) is 12.2 Å². The van der Waals surface area contributed by atoms with Crippen LogP contribution in [0.4, 0.5) is 0 Å². The number of hydrogen-bond donors (Lipinski definition) is 2. The summed E-state index contributed by atoms with van der Waals surface area (Å²) in [6.45, 7) is 4.78. The molecule has 0 saturated heterocycles. The zero-order valence-corrected chi connectivity index (χ0v) is 18.4. The molecule has 2 N–H and O–H groups in total. The van der Waals surface area contributed by atoms with Crippen LogP contribution in [0, 0.1) is 0 Å². The second kappa shape index (κ2) is 27.4. The Morgan fingerprint density at radius 1 is 0.630 bits per heavy atom. The van der Waals surface area contributed by atoms with Crippen LogP contribution in [0.5, 0.6) is 0 Å². The quantitative estimate of drug-likeness (QED) is 0.177. The second-order valence-electron chi connectivity index (χ2n) is 7.51. The van der Waals surface area contributed by atoms with Crippen molar-refractivity contribution in [1.29, 1.82) is 0 Å². The highest BCUT2D eigenvalue weighted by Crippen LogP contribution is 2.09. The molecule has 0 unspecified atom stereocenters. The summed E-state index contributed by atoms with van der Waals surface area (Å²) in [4.78, 5) is 10.3. The minimum absolute atomic E-state index is 0.332. The average Bonchev–Trinajstić information content (AvgIpc) is 2.65. The van der Waals surface area contributed by atoms with Gasteiger partial charge in [0.1, 0.15) is 0 Å². The molecule has 0 radical (unpaired) electrons. The molecule has 0 aliphatic heterocycles. The maximum absolute atomic E-state index is 10.3. The highest BCUT2D eigenvalue weighted by Gasteiger charge is 1.95. The van der Waals surface area contributed by atoms with Crippen molar-refractivity contribution >= 4 is 5.97 Å². The summed E-state index contributed by atoms with van der Waals surface area (Å²) in [7, 11) is 0. The molecule has 0 bridgehead atoms. The zero-order chi connectivity index (χ0) is 20.4. The van der Waals surface area contributed by atoms with Gasteiger partial charge in [-0.25, -0.2) is 0 Å². The van der Waals surface area contributed by atoms with Crippen molar-refractivity contribution in [1.82, 2.24) is 0 Å². The Hall–Kier alpha value is -0.830. The molecule has 0 aromatic rings. The van der Waals surface area contributed by atoms with E-state index in [9.17, 15) is 4.79 Å². The van der Waals surface area contributed by atoms with Crippen molar-refractivity contribution in [3.63, 3.8) is 0 Å². The minimum atomic E-state index is -0.664. The molecule has 0 fully saturated rings. The van der Waals surface area contributed by atoms with Gasteiger partial charge >= 0.3 is 5.97 Å². The number of aliphatic carboxylic acids is 1. The Kier molecular flexibility index (Phi) is 28.8. The highest BCUT2D eigenvalue weighted by molar-refractivity contribution is 5.66. The molecule has 162 valence electrons. The zero-order valence-electron chi connectivity index (χ0n) is 18.4. The summed E-state index contributed by atoms with van der Waals surface area (Å²) in [6, 6.07) is 0. The van der Waals surface area contributed by atoms with Crippen LogP contribution in [-0.2, 0) is 4.79 Å². The SMILES string of the molecule is CCCCCCCCC=CCCCCCCCC(=O)O.CCCCCCO. The van der Waals surface area contributed by atoms with Gasteiger partial charge in [0.2, 0.25) is 0 Å². The van der Waals surface area contributed by atoms with Crippen molar-refractivity contribution in [3.8, 4) is 0 Å². The van der Waals surface area contributed by atoms with Crippen molar-refractivity contribution < 1.29 is 15.0 Å². The first kappa shape index (κ1) is 28.4. The third-order valence-electron chi connectivity index (χ3n) is 4.66. The fourth-order valence-corrected chi connectivity index (χ4v) is 2.89. The number of carbonyl (C=O) groups is 1. The number of rotatable bonds is 19. The van der Waals surface area contributed by atoms with Gasteiger partial charge in [-0.1, -0.05) is 96.6 Å². The standard InChI is InChI=1S/C18H34O2.C6H14O/c1-2-3-4-5-6-7-8-9-10-11-12-13-14-15-16-17-18(19)20;1-2-3-4-5-6-7/h9-10H,2-8,11-17H2,1H3,(H,19,20);7H,2-6H2,1H3. The number of carboxylic acids is 1. The largest absolute Gasteiger partial charge is 0.481 e. The Morgan fingerprint density at radius 2 is 1.04 bits per heavy atom. The molecule has 0 aliphatic rings. The van der Waals surface area contributed by atoms with Crippen LogP contribution >= 0.6 is 0 Å². The lowest BCUT2D eigenvalue weighted by molar-refractivity contribution is -0.137. The lowest BCUT2D eigenvalue weighted by Gasteiger charge is -1.99. The number of allylic oxidation sites excluding steroid dienone is 2. The minimum Gasteiger partial charge on any atom is -0.481 e. The predicted octanol–water partition coefficient (Wildman–Crippen LogP) is 7.67. The van der Waals surface area contributed by atoms with Gasteiger partial charge in [-0.15, -0.1) is 0 Å². The van der Waals surface area contributed by atoms with Gasteiger partial charge in [-0.2, -0.15) is 0 Å². The summed E-state index contributed by atoms with van der Waals surface area (Å²) >= 11 is 0. The molecule has 0 spiro atoms. The Labute approximate surface area is 169 Å². The molecule has 0 amide bonds. The second-order valence-corrected chi connectivity index (χ2v) is 7.51. The number of hydrogen-bond acceptors (Lipinski definition) is 2. The Morgan fingerprint density at radius 3 is 1.48 bits per heavy atom. The van der Waals surface area contributed by atoms with E-state index in [4.69, 9.17) is 10.2 Å². The number of aliphatic hydroxyl groups excluding tert-OH is 1. The highest BCUT2D eigenvalue weighted by atomic mass is 16.4. The predicted molar refractivity (Wildman–Crippen MR) is 118 cm³/mol. The van der Waals surface area contributed by atoms with Crippen LogP contribution in [-0.4, -0.2) is 22.8 Å². The molecule has 0 saturated carbocycles. The smallest absolute Gasteiger partial charge is 0.303 e. The monoisotopic (exact) mass is 384 g/mol. The first-order valence-electron chi connectivity index (χ1n) is 11.7. The van der Waals surface area contributed by atoms with Crippen molar-refractivity contribution in [3.05, 3.63) is 12.2 Å². The molecular weight excluding hydrogens is 336 g/mol. The van der Waals surface area contributed by atoms with E-state index >= 15 is 0 Å². The van der Waals surface area contributed by atoms with Gasteiger partial charge in [0.15, 0.2) is 0 Å². The maximum Gasteiger partial charge on any atom is 0.303 e. The molecular formula is C24H48O3. The summed E-state index contributed by atoms with van der Waals surface area (Å²) < 4.78 is 0. The van der Waals surface area contributed by atoms with Gasteiger partial charge in [0.05, 0.1) is 0 Å². The summed E-state index contributed by atoms with van der Waals surface area (Å²) in [6.07, 6.45) is 25.9. The first-order chi connectivity index (χ1) is 13.2. The lowest BCUT2D eigenvalue weighted by atomic mass is 10.1. The van der Waals surface area contributed by atoms with Crippen molar-refractivity contribution in [2.45, 2.75) is 129 Å². The summed E-state index contributed by atoms with van der Waals surface area (Å²) in [5, 5.41) is 16.8. The van der Waals surface area contributed by atoms with Crippen LogP contribution in [0.3, 0.4) is 0 Å². The van der Waals surface area contributed by atoms with Crippen LogP contribution in [0.25, 0.3) is 0 Å². The molecule has 3 nitrogen and oxygen atoms in total. The van der Waals surface area contributed by atoms with E-state index in [2.05, 4.69) is 26.0 Å². The van der Waals surface area contributed by atoms with Crippen molar-refractivity contribution in [2.75, 3.05) is 6.61 Å². The Bertz CT molecular complexity index is 296. The molecule has 0 rings (SSSR count). The molecule has 0 heterocycles. The molecule has 27 heavy (non-hydrogen) atoms. The van der Waals surface area contributed by atoms with E-state index in [1.54, 1.807) is 0 Å². The molecule has 0 atom stereocenters. The van der Waals surface area contributed by atoms with Crippen LogP contribution in [0.1, 0.15) is 129 Å².